The first-order valence-corrected chi connectivity index (χ1v) is 3.60. The maximum atomic E-state index is 10.6. The van der Waals surface area contributed by atoms with Crippen molar-refractivity contribution in [2.45, 2.75) is 6.92 Å². The van der Waals surface area contributed by atoms with Gasteiger partial charge in [-0.2, -0.15) is 0 Å². The molecule has 0 fully saturated rings. The lowest BCUT2D eigenvalue weighted by atomic mass is 10.2. The average molecular weight is 180 g/mol. The highest BCUT2D eigenvalue weighted by Gasteiger charge is 2.05. The number of hydrogen-bond acceptors (Lipinski definition) is 4. The monoisotopic (exact) mass is 180 g/mol. The Morgan fingerprint density at radius 3 is 2.77 bits per heavy atom. The molecule has 0 atom stereocenters. The maximum absolute atomic E-state index is 10.6. The topological polar surface area (TPSA) is 63.6 Å². The van der Waals surface area contributed by atoms with Gasteiger partial charge in [0.2, 0.25) is 0 Å². The van der Waals surface area contributed by atoms with E-state index >= 15 is 0 Å². The van der Waals surface area contributed by atoms with Crippen LogP contribution >= 0.6 is 0 Å². The first-order chi connectivity index (χ1) is 6.13. The molecule has 0 saturated carbocycles. The summed E-state index contributed by atoms with van der Waals surface area (Å²) in [5, 5.41) is 9.04. The zero-order chi connectivity index (χ0) is 9.84. The largest absolute Gasteiger partial charge is 0.508 e. The number of carbonyl (C=O) groups is 2. The van der Waals surface area contributed by atoms with Crippen LogP contribution in [0, 0.1) is 0 Å². The molecular formula is C9H8O4. The van der Waals surface area contributed by atoms with Crippen LogP contribution in [0.15, 0.2) is 18.2 Å². The fourth-order valence-corrected chi connectivity index (χ4v) is 0.864. The number of esters is 1. The van der Waals surface area contributed by atoms with Crippen LogP contribution < -0.4 is 4.74 Å². The summed E-state index contributed by atoms with van der Waals surface area (Å²) in [5.41, 5.74) is 0.230. The minimum absolute atomic E-state index is 0.0538. The molecule has 4 heteroatoms. The zero-order valence-corrected chi connectivity index (χ0v) is 6.98. The summed E-state index contributed by atoms with van der Waals surface area (Å²) in [4.78, 5) is 21.0. The van der Waals surface area contributed by atoms with E-state index < -0.39 is 5.97 Å². The van der Waals surface area contributed by atoms with Gasteiger partial charge in [-0.15, -0.1) is 0 Å². The van der Waals surface area contributed by atoms with Gasteiger partial charge in [0, 0.05) is 13.0 Å². The van der Waals surface area contributed by atoms with Gasteiger partial charge >= 0.3 is 5.97 Å². The predicted molar refractivity (Wildman–Crippen MR) is 44.8 cm³/mol. The van der Waals surface area contributed by atoms with E-state index in [2.05, 4.69) is 4.74 Å². The number of carbonyl (C=O) groups excluding carboxylic acids is 2. The first kappa shape index (κ1) is 9.25. The number of aromatic hydroxyl groups is 1. The van der Waals surface area contributed by atoms with E-state index in [1.165, 1.54) is 25.1 Å². The molecule has 1 aromatic rings. The van der Waals surface area contributed by atoms with E-state index in [-0.39, 0.29) is 17.1 Å². The Hall–Kier alpha value is -1.84. The predicted octanol–water partition coefficient (Wildman–Crippen LogP) is 1.13. The Morgan fingerprint density at radius 2 is 2.23 bits per heavy atom. The number of rotatable bonds is 2. The average Bonchev–Trinajstić information content (AvgIpc) is 2.03. The molecule has 1 rings (SSSR count). The quantitative estimate of drug-likeness (QED) is 0.421. The van der Waals surface area contributed by atoms with E-state index in [4.69, 9.17) is 5.11 Å². The molecule has 1 aromatic carbocycles. The van der Waals surface area contributed by atoms with Crippen molar-refractivity contribution >= 4 is 12.3 Å². The van der Waals surface area contributed by atoms with Gasteiger partial charge in [0.25, 0.3) is 0 Å². The standard InChI is InChI=1S/C9H8O4/c1-6(11)13-9-4-8(12)3-2-7(9)5-10/h2-5,12H,1H3. The molecule has 0 saturated heterocycles. The maximum Gasteiger partial charge on any atom is 0.308 e. The van der Waals surface area contributed by atoms with Gasteiger partial charge in [-0.1, -0.05) is 0 Å². The van der Waals surface area contributed by atoms with Crippen LogP contribution in [0.1, 0.15) is 17.3 Å². The summed E-state index contributed by atoms with van der Waals surface area (Å²) in [7, 11) is 0. The summed E-state index contributed by atoms with van der Waals surface area (Å²) >= 11 is 0. The number of phenols is 1. The molecule has 0 heterocycles. The number of hydrogen-bond donors (Lipinski definition) is 1. The van der Waals surface area contributed by atoms with Crippen molar-refractivity contribution in [1.82, 2.24) is 0 Å². The highest BCUT2D eigenvalue weighted by atomic mass is 16.5. The lowest BCUT2D eigenvalue weighted by molar-refractivity contribution is -0.131. The van der Waals surface area contributed by atoms with Crippen LogP contribution in [-0.2, 0) is 4.79 Å². The van der Waals surface area contributed by atoms with Crippen molar-refractivity contribution in [3.63, 3.8) is 0 Å². The molecule has 0 aliphatic rings. The Morgan fingerprint density at radius 1 is 1.54 bits per heavy atom. The van der Waals surface area contributed by atoms with Crippen LogP contribution in [0.5, 0.6) is 11.5 Å². The molecule has 0 bridgehead atoms. The van der Waals surface area contributed by atoms with Crippen LogP contribution in [0.3, 0.4) is 0 Å². The molecule has 0 unspecified atom stereocenters. The summed E-state index contributed by atoms with van der Waals surface area (Å²) < 4.78 is 4.69. The van der Waals surface area contributed by atoms with E-state index in [0.29, 0.717) is 6.29 Å². The van der Waals surface area contributed by atoms with Crippen molar-refractivity contribution in [2.24, 2.45) is 0 Å². The van der Waals surface area contributed by atoms with E-state index in [0.717, 1.165) is 0 Å². The zero-order valence-electron chi connectivity index (χ0n) is 6.98. The van der Waals surface area contributed by atoms with Crippen molar-refractivity contribution in [1.29, 1.82) is 0 Å². The van der Waals surface area contributed by atoms with E-state index in [1.807, 2.05) is 0 Å². The third kappa shape index (κ3) is 2.30. The Labute approximate surface area is 74.8 Å². The highest BCUT2D eigenvalue weighted by molar-refractivity contribution is 5.82. The van der Waals surface area contributed by atoms with Crippen LogP contribution in [0.4, 0.5) is 0 Å². The number of aldehydes is 1. The highest BCUT2D eigenvalue weighted by Crippen LogP contribution is 2.22. The van der Waals surface area contributed by atoms with Gasteiger partial charge in [0.15, 0.2) is 6.29 Å². The summed E-state index contributed by atoms with van der Waals surface area (Å²) in [6, 6.07) is 3.93. The van der Waals surface area contributed by atoms with Crippen molar-refractivity contribution in [2.75, 3.05) is 0 Å². The van der Waals surface area contributed by atoms with Gasteiger partial charge in [0.05, 0.1) is 5.56 Å². The Bertz CT molecular complexity index is 343. The Kier molecular flexibility index (Phi) is 2.64. The number of ether oxygens (including phenoxy) is 1. The molecule has 13 heavy (non-hydrogen) atoms. The minimum Gasteiger partial charge on any atom is -0.508 e. The third-order valence-electron chi connectivity index (χ3n) is 1.38. The van der Waals surface area contributed by atoms with Crippen LogP contribution in [-0.4, -0.2) is 17.4 Å². The molecule has 68 valence electrons. The second-order valence-corrected chi connectivity index (χ2v) is 2.43. The van der Waals surface area contributed by atoms with Gasteiger partial charge in [-0.05, 0) is 12.1 Å². The summed E-state index contributed by atoms with van der Waals surface area (Å²) in [5.74, 6) is -0.516. The lowest BCUT2D eigenvalue weighted by Crippen LogP contribution is -2.03. The summed E-state index contributed by atoms with van der Waals surface area (Å²) in [6.45, 7) is 1.22. The first-order valence-electron chi connectivity index (χ1n) is 3.60. The molecule has 0 amide bonds. The van der Waals surface area contributed by atoms with Gasteiger partial charge in [-0.3, -0.25) is 9.59 Å². The molecule has 0 spiro atoms. The second kappa shape index (κ2) is 3.71. The molecule has 1 N–H and O–H groups in total. The molecular weight excluding hydrogens is 172 g/mol. The molecule has 0 aliphatic carbocycles. The molecule has 4 nitrogen and oxygen atoms in total. The van der Waals surface area contributed by atoms with Crippen molar-refractivity contribution in [3.8, 4) is 11.5 Å². The van der Waals surface area contributed by atoms with Crippen molar-refractivity contribution < 1.29 is 19.4 Å². The third-order valence-corrected chi connectivity index (χ3v) is 1.38. The van der Waals surface area contributed by atoms with E-state index in [9.17, 15) is 9.59 Å². The normalized spacial score (nSPS) is 9.31. The second-order valence-electron chi connectivity index (χ2n) is 2.43. The smallest absolute Gasteiger partial charge is 0.308 e. The van der Waals surface area contributed by atoms with E-state index in [1.54, 1.807) is 0 Å². The molecule has 0 radical (unpaired) electrons. The van der Waals surface area contributed by atoms with Gasteiger partial charge in [-0.25, -0.2) is 0 Å². The Balaban J connectivity index is 3.07. The fourth-order valence-electron chi connectivity index (χ4n) is 0.864. The van der Waals surface area contributed by atoms with Gasteiger partial charge in [0.1, 0.15) is 11.5 Å². The fraction of sp³-hybridized carbons (Fsp3) is 0.111. The van der Waals surface area contributed by atoms with Crippen LogP contribution in [0.25, 0.3) is 0 Å². The van der Waals surface area contributed by atoms with Gasteiger partial charge < -0.3 is 9.84 Å². The van der Waals surface area contributed by atoms with Crippen molar-refractivity contribution in [3.05, 3.63) is 23.8 Å². The lowest BCUT2D eigenvalue weighted by Gasteiger charge is -2.03. The number of phenolic OH excluding ortho intramolecular Hbond substituents is 1. The summed E-state index contributed by atoms with van der Waals surface area (Å²) in [6.07, 6.45) is 0.553. The minimum atomic E-state index is -0.534. The number of benzene rings is 1. The SMILES string of the molecule is CC(=O)Oc1cc(O)ccc1C=O. The van der Waals surface area contributed by atoms with Crippen LogP contribution in [0.2, 0.25) is 0 Å². The molecule has 0 aromatic heterocycles. The molecule has 0 aliphatic heterocycles.